The number of rotatable bonds is 5. The van der Waals surface area contributed by atoms with E-state index in [1.165, 1.54) is 18.8 Å². The van der Waals surface area contributed by atoms with E-state index in [0.717, 1.165) is 16.8 Å². The Morgan fingerprint density at radius 2 is 1.82 bits per heavy atom. The summed E-state index contributed by atoms with van der Waals surface area (Å²) in [4.78, 5) is 23.6. The minimum absolute atomic E-state index is 0.399. The van der Waals surface area contributed by atoms with Gasteiger partial charge in [0.15, 0.2) is 11.0 Å². The second kappa shape index (κ2) is 8.71. The number of imide groups is 1. The molecule has 8 heteroatoms. The zero-order valence-corrected chi connectivity index (χ0v) is 16.7. The molecular weight excluding hydrogens is 374 g/mol. The van der Waals surface area contributed by atoms with Crippen molar-refractivity contribution in [3.63, 3.8) is 0 Å². The van der Waals surface area contributed by atoms with Crippen LogP contribution in [0.25, 0.3) is 17.1 Å². The largest absolute Gasteiger partial charge is 0.341 e. The Hall–Kier alpha value is -3.13. The van der Waals surface area contributed by atoms with Crippen LogP contribution in [0.4, 0.5) is 4.79 Å². The summed E-state index contributed by atoms with van der Waals surface area (Å²) >= 11 is 1.24. The number of hydrogen-bond donors (Lipinski definition) is 2. The highest BCUT2D eigenvalue weighted by Gasteiger charge is 2.22. The second-order valence-electron chi connectivity index (χ2n) is 6.18. The van der Waals surface area contributed by atoms with Crippen molar-refractivity contribution in [3.8, 4) is 17.1 Å². The molecule has 3 rings (SSSR count). The molecular formula is C20H21N5O2S. The predicted molar refractivity (Wildman–Crippen MR) is 109 cm³/mol. The molecule has 0 aliphatic rings. The summed E-state index contributed by atoms with van der Waals surface area (Å²) in [5.74, 6) is 0.292. The number of aromatic nitrogens is 3. The molecule has 2 N–H and O–H groups in total. The summed E-state index contributed by atoms with van der Waals surface area (Å²) in [6.07, 6.45) is 0. The highest BCUT2D eigenvalue weighted by molar-refractivity contribution is 8.00. The number of hydrogen-bond acceptors (Lipinski definition) is 5. The van der Waals surface area contributed by atoms with Gasteiger partial charge in [0.05, 0.1) is 5.25 Å². The van der Waals surface area contributed by atoms with Gasteiger partial charge in [0.2, 0.25) is 5.91 Å². The van der Waals surface area contributed by atoms with E-state index in [1.54, 1.807) is 6.92 Å². The van der Waals surface area contributed by atoms with Gasteiger partial charge in [0, 0.05) is 18.3 Å². The van der Waals surface area contributed by atoms with Crippen molar-refractivity contribution in [2.24, 2.45) is 0 Å². The van der Waals surface area contributed by atoms with Crippen molar-refractivity contribution >= 4 is 23.7 Å². The molecule has 0 saturated heterocycles. The van der Waals surface area contributed by atoms with Crippen LogP contribution in [0.2, 0.25) is 0 Å². The molecule has 1 aromatic heterocycles. The predicted octanol–water partition coefficient (Wildman–Crippen LogP) is 3.18. The normalized spacial score (nSPS) is 11.7. The van der Waals surface area contributed by atoms with Crippen LogP contribution < -0.4 is 10.6 Å². The number of carbonyl (C=O) groups excluding carboxylic acids is 2. The fourth-order valence-electron chi connectivity index (χ4n) is 2.61. The number of thioether (sulfide) groups is 1. The molecule has 3 aromatic rings. The van der Waals surface area contributed by atoms with Crippen molar-refractivity contribution in [1.29, 1.82) is 0 Å². The zero-order chi connectivity index (χ0) is 20.1. The summed E-state index contributed by atoms with van der Waals surface area (Å²) < 4.78 is 1.92. The van der Waals surface area contributed by atoms with Crippen molar-refractivity contribution in [2.45, 2.75) is 24.3 Å². The molecule has 28 heavy (non-hydrogen) atoms. The maximum absolute atomic E-state index is 12.2. The summed E-state index contributed by atoms with van der Waals surface area (Å²) in [5.41, 5.74) is 2.95. The van der Waals surface area contributed by atoms with Crippen LogP contribution in [0.15, 0.2) is 59.8 Å². The van der Waals surface area contributed by atoms with Gasteiger partial charge in [0.25, 0.3) is 0 Å². The number of urea groups is 1. The van der Waals surface area contributed by atoms with E-state index in [0.29, 0.717) is 11.0 Å². The quantitative estimate of drug-likeness (QED) is 0.648. The van der Waals surface area contributed by atoms with E-state index in [9.17, 15) is 9.59 Å². The fourth-order valence-corrected chi connectivity index (χ4v) is 3.48. The van der Waals surface area contributed by atoms with Crippen LogP contribution in [-0.4, -0.2) is 39.0 Å². The van der Waals surface area contributed by atoms with Gasteiger partial charge >= 0.3 is 6.03 Å². The SMILES string of the molecule is CNC(=O)NC(=O)C(C)Sc1nnc(-c2cccc(C)c2)n1-c1ccccc1. The van der Waals surface area contributed by atoms with Gasteiger partial charge in [0.1, 0.15) is 0 Å². The van der Waals surface area contributed by atoms with Crippen molar-refractivity contribution < 1.29 is 9.59 Å². The smallest absolute Gasteiger partial charge is 0.321 e. The Bertz CT molecular complexity index is 987. The maximum atomic E-state index is 12.2. The summed E-state index contributed by atoms with van der Waals surface area (Å²) in [6, 6.07) is 17.2. The molecule has 0 saturated carbocycles. The molecule has 1 atom stereocenters. The van der Waals surface area contributed by atoms with E-state index in [2.05, 4.69) is 20.8 Å². The fraction of sp³-hybridized carbons (Fsp3) is 0.200. The van der Waals surface area contributed by atoms with Gasteiger partial charge in [-0.1, -0.05) is 53.7 Å². The lowest BCUT2D eigenvalue weighted by atomic mass is 10.1. The first-order valence-electron chi connectivity index (χ1n) is 8.76. The van der Waals surface area contributed by atoms with Crippen molar-refractivity contribution in [1.82, 2.24) is 25.4 Å². The first-order valence-corrected chi connectivity index (χ1v) is 9.64. The average molecular weight is 395 g/mol. The molecule has 0 spiro atoms. The Balaban J connectivity index is 1.98. The molecule has 0 bridgehead atoms. The summed E-state index contributed by atoms with van der Waals surface area (Å²) in [5, 5.41) is 13.4. The molecule has 0 radical (unpaired) electrons. The lowest BCUT2D eigenvalue weighted by Crippen LogP contribution is -2.41. The number of para-hydroxylation sites is 1. The van der Waals surface area contributed by atoms with Crippen LogP contribution in [-0.2, 0) is 4.79 Å². The average Bonchev–Trinajstić information content (AvgIpc) is 3.12. The first kappa shape index (κ1) is 19.6. The van der Waals surface area contributed by atoms with Crippen LogP contribution in [0.5, 0.6) is 0 Å². The number of nitrogens with zero attached hydrogens (tertiary/aromatic N) is 3. The van der Waals surface area contributed by atoms with Gasteiger partial charge in [-0.2, -0.15) is 0 Å². The number of aryl methyl sites for hydroxylation is 1. The summed E-state index contributed by atoms with van der Waals surface area (Å²) in [7, 11) is 1.46. The topological polar surface area (TPSA) is 88.9 Å². The van der Waals surface area contributed by atoms with E-state index >= 15 is 0 Å². The van der Waals surface area contributed by atoms with Gasteiger partial charge in [-0.15, -0.1) is 10.2 Å². The van der Waals surface area contributed by atoms with Crippen molar-refractivity contribution in [3.05, 3.63) is 60.2 Å². The molecule has 144 valence electrons. The third kappa shape index (κ3) is 4.40. The van der Waals surface area contributed by atoms with Crippen LogP contribution in [0, 0.1) is 6.92 Å². The number of carbonyl (C=O) groups is 2. The Morgan fingerprint density at radius 1 is 1.07 bits per heavy atom. The molecule has 0 aliphatic heterocycles. The molecule has 7 nitrogen and oxygen atoms in total. The van der Waals surface area contributed by atoms with Crippen molar-refractivity contribution in [2.75, 3.05) is 7.05 Å². The lowest BCUT2D eigenvalue weighted by molar-refractivity contribution is -0.119. The van der Waals surface area contributed by atoms with Crippen LogP contribution >= 0.6 is 11.8 Å². The zero-order valence-electron chi connectivity index (χ0n) is 15.8. The third-order valence-electron chi connectivity index (χ3n) is 4.04. The second-order valence-corrected chi connectivity index (χ2v) is 7.48. The molecule has 2 aromatic carbocycles. The molecule has 0 fully saturated rings. The van der Waals surface area contributed by atoms with Crippen LogP contribution in [0.1, 0.15) is 12.5 Å². The Morgan fingerprint density at radius 3 is 2.50 bits per heavy atom. The summed E-state index contributed by atoms with van der Waals surface area (Å²) in [6.45, 7) is 3.74. The highest BCUT2D eigenvalue weighted by atomic mass is 32.2. The Kier molecular flexibility index (Phi) is 6.10. The minimum Gasteiger partial charge on any atom is -0.341 e. The number of amides is 3. The molecule has 1 unspecified atom stereocenters. The number of benzene rings is 2. The standard InChI is InChI=1S/C20H21N5O2S/c1-13-8-7-9-15(12-13)17-23-24-20(25(17)16-10-5-4-6-11-16)28-14(2)18(26)22-19(27)21-3/h4-12,14H,1-3H3,(H2,21,22,26,27). The van der Waals surface area contributed by atoms with E-state index < -0.39 is 17.2 Å². The maximum Gasteiger partial charge on any atom is 0.321 e. The van der Waals surface area contributed by atoms with E-state index in [1.807, 2.05) is 66.1 Å². The monoisotopic (exact) mass is 395 g/mol. The van der Waals surface area contributed by atoms with Crippen LogP contribution in [0.3, 0.4) is 0 Å². The van der Waals surface area contributed by atoms with Gasteiger partial charge in [-0.3, -0.25) is 14.7 Å². The molecule has 3 amide bonds. The number of nitrogens with one attached hydrogen (secondary N) is 2. The first-order chi connectivity index (χ1) is 13.5. The van der Waals surface area contributed by atoms with Gasteiger partial charge in [-0.05, 0) is 32.0 Å². The molecule has 0 aliphatic carbocycles. The molecule has 1 heterocycles. The van der Waals surface area contributed by atoms with Gasteiger partial charge < -0.3 is 5.32 Å². The third-order valence-corrected chi connectivity index (χ3v) is 5.08. The van der Waals surface area contributed by atoms with Gasteiger partial charge in [-0.25, -0.2) is 4.79 Å². The highest BCUT2D eigenvalue weighted by Crippen LogP contribution is 2.30. The Labute approximate surface area is 167 Å². The van der Waals surface area contributed by atoms with E-state index in [4.69, 9.17) is 0 Å². The van der Waals surface area contributed by atoms with E-state index in [-0.39, 0.29) is 0 Å². The minimum atomic E-state index is -0.539. The lowest BCUT2D eigenvalue weighted by Gasteiger charge is -2.13.